The molecule has 0 unspecified atom stereocenters. The molecule has 2 rings (SSSR count). The second-order valence-corrected chi connectivity index (χ2v) is 7.16. The Morgan fingerprint density at radius 3 is 2.22 bits per heavy atom. The smallest absolute Gasteiger partial charge is 0.194 e. The Bertz CT molecular complexity index is 540. The molecule has 1 heterocycles. The van der Waals surface area contributed by atoms with Crippen LogP contribution >= 0.6 is 24.0 Å². The number of guanidine groups is 1. The van der Waals surface area contributed by atoms with E-state index in [0.29, 0.717) is 0 Å². The number of nitrogens with zero attached hydrogens (tertiary/aromatic N) is 3. The van der Waals surface area contributed by atoms with Gasteiger partial charge < -0.3 is 20.2 Å². The average molecular weight is 488 g/mol. The van der Waals surface area contributed by atoms with Crippen molar-refractivity contribution in [3.63, 3.8) is 0 Å². The van der Waals surface area contributed by atoms with E-state index in [1.54, 1.807) is 0 Å². The molecule has 0 amide bonds. The summed E-state index contributed by atoms with van der Waals surface area (Å²) in [5.41, 5.74) is 1.41. The SMILES string of the molecule is CCNC(=NCC(CC)(CC)CCO)N1CCN(c2ccccc2)CC1.I. The van der Waals surface area contributed by atoms with Crippen molar-refractivity contribution in [2.75, 3.05) is 50.8 Å². The van der Waals surface area contributed by atoms with Crippen LogP contribution in [0.1, 0.15) is 40.0 Å². The lowest BCUT2D eigenvalue weighted by molar-refractivity contribution is 0.175. The van der Waals surface area contributed by atoms with Crippen molar-refractivity contribution in [1.82, 2.24) is 10.2 Å². The van der Waals surface area contributed by atoms with E-state index in [2.05, 4.69) is 66.2 Å². The number of hydrogen-bond donors (Lipinski definition) is 2. The molecule has 0 saturated carbocycles. The fourth-order valence-corrected chi connectivity index (χ4v) is 3.63. The fourth-order valence-electron chi connectivity index (χ4n) is 3.63. The van der Waals surface area contributed by atoms with Crippen molar-refractivity contribution >= 4 is 35.6 Å². The third-order valence-electron chi connectivity index (χ3n) is 5.74. The highest BCUT2D eigenvalue weighted by atomic mass is 127. The number of aliphatic hydroxyl groups excluding tert-OH is 1. The zero-order valence-electron chi connectivity index (χ0n) is 17.2. The average Bonchev–Trinajstić information content (AvgIpc) is 2.71. The Morgan fingerprint density at radius 1 is 1.07 bits per heavy atom. The summed E-state index contributed by atoms with van der Waals surface area (Å²) in [4.78, 5) is 9.78. The molecule has 1 saturated heterocycles. The van der Waals surface area contributed by atoms with Crippen LogP contribution in [-0.2, 0) is 0 Å². The van der Waals surface area contributed by atoms with E-state index in [1.807, 2.05) is 0 Å². The van der Waals surface area contributed by atoms with Crippen LogP contribution in [0.4, 0.5) is 5.69 Å². The summed E-state index contributed by atoms with van der Waals surface area (Å²) in [6, 6.07) is 10.6. The van der Waals surface area contributed by atoms with Gasteiger partial charge in [-0.1, -0.05) is 32.0 Å². The lowest BCUT2D eigenvalue weighted by Gasteiger charge is -2.38. The summed E-state index contributed by atoms with van der Waals surface area (Å²) in [5.74, 6) is 1.02. The standard InChI is InChI=1S/C21H36N4O.HI/c1-4-21(5-2,12-17-26)18-23-20(22-6-3)25-15-13-24(14-16-25)19-10-8-7-9-11-19;/h7-11,26H,4-6,12-18H2,1-3H3,(H,22,23);1H. The number of aliphatic hydroxyl groups is 1. The second kappa shape index (κ2) is 12.4. The van der Waals surface area contributed by atoms with Crippen molar-refractivity contribution in [1.29, 1.82) is 0 Å². The number of piperazine rings is 1. The first-order valence-corrected chi connectivity index (χ1v) is 10.1. The molecule has 0 spiro atoms. The number of rotatable bonds is 8. The number of benzene rings is 1. The maximum absolute atomic E-state index is 9.44. The van der Waals surface area contributed by atoms with E-state index in [-0.39, 0.29) is 36.0 Å². The van der Waals surface area contributed by atoms with E-state index in [4.69, 9.17) is 4.99 Å². The molecule has 6 heteroatoms. The third kappa shape index (κ3) is 6.82. The van der Waals surface area contributed by atoms with Gasteiger partial charge in [0.2, 0.25) is 0 Å². The summed E-state index contributed by atoms with van der Waals surface area (Å²) in [6.45, 7) is 12.4. The summed E-state index contributed by atoms with van der Waals surface area (Å²) in [5, 5.41) is 12.9. The van der Waals surface area contributed by atoms with Crippen LogP contribution in [0.2, 0.25) is 0 Å². The first-order chi connectivity index (χ1) is 12.7. The molecule has 154 valence electrons. The van der Waals surface area contributed by atoms with Gasteiger partial charge in [0.15, 0.2) is 5.96 Å². The van der Waals surface area contributed by atoms with Gasteiger partial charge in [-0.3, -0.25) is 4.99 Å². The molecule has 0 aliphatic carbocycles. The minimum atomic E-state index is 0. The molecular weight excluding hydrogens is 451 g/mol. The molecule has 2 N–H and O–H groups in total. The van der Waals surface area contributed by atoms with Gasteiger partial charge in [0, 0.05) is 51.6 Å². The van der Waals surface area contributed by atoms with E-state index in [9.17, 15) is 5.11 Å². The van der Waals surface area contributed by atoms with Crippen LogP contribution in [0.15, 0.2) is 35.3 Å². The van der Waals surface area contributed by atoms with Crippen LogP contribution in [0.25, 0.3) is 0 Å². The number of para-hydroxylation sites is 1. The van der Waals surface area contributed by atoms with Gasteiger partial charge >= 0.3 is 0 Å². The highest BCUT2D eigenvalue weighted by molar-refractivity contribution is 14.0. The molecule has 1 aromatic carbocycles. The van der Waals surface area contributed by atoms with Crippen LogP contribution in [0, 0.1) is 5.41 Å². The first kappa shape index (κ1) is 24.0. The topological polar surface area (TPSA) is 51.1 Å². The van der Waals surface area contributed by atoms with E-state index in [1.165, 1.54) is 5.69 Å². The predicted molar refractivity (Wildman–Crippen MR) is 126 cm³/mol. The first-order valence-electron chi connectivity index (χ1n) is 10.1. The maximum Gasteiger partial charge on any atom is 0.194 e. The highest BCUT2D eigenvalue weighted by Gasteiger charge is 2.26. The molecule has 0 aromatic heterocycles. The maximum atomic E-state index is 9.44. The van der Waals surface area contributed by atoms with Crippen molar-refractivity contribution in [2.24, 2.45) is 10.4 Å². The summed E-state index contributed by atoms with van der Waals surface area (Å²) in [6.07, 6.45) is 2.92. The van der Waals surface area contributed by atoms with E-state index < -0.39 is 0 Å². The molecule has 0 radical (unpaired) electrons. The second-order valence-electron chi connectivity index (χ2n) is 7.16. The molecule has 1 aliphatic rings. The minimum Gasteiger partial charge on any atom is -0.396 e. The number of anilines is 1. The molecule has 27 heavy (non-hydrogen) atoms. The van der Waals surface area contributed by atoms with Crippen molar-refractivity contribution in [3.8, 4) is 0 Å². The zero-order valence-corrected chi connectivity index (χ0v) is 19.5. The highest BCUT2D eigenvalue weighted by Crippen LogP contribution is 2.30. The Hall–Kier alpha value is -1.02. The summed E-state index contributed by atoms with van der Waals surface area (Å²) in [7, 11) is 0. The Balaban J connectivity index is 0.00000364. The number of nitrogens with one attached hydrogen (secondary N) is 1. The lowest BCUT2D eigenvalue weighted by atomic mass is 9.79. The quantitative estimate of drug-likeness (QED) is 0.334. The molecule has 1 aromatic rings. The minimum absolute atomic E-state index is 0. The van der Waals surface area contributed by atoms with Gasteiger partial charge in [0.05, 0.1) is 0 Å². The van der Waals surface area contributed by atoms with Gasteiger partial charge in [-0.05, 0) is 43.7 Å². The largest absolute Gasteiger partial charge is 0.396 e. The molecule has 1 fully saturated rings. The predicted octanol–water partition coefficient (Wildman–Crippen LogP) is 3.58. The Morgan fingerprint density at radius 2 is 1.70 bits per heavy atom. The van der Waals surface area contributed by atoms with Crippen molar-refractivity contribution < 1.29 is 5.11 Å². The molecule has 0 atom stereocenters. The van der Waals surface area contributed by atoms with E-state index >= 15 is 0 Å². The molecular formula is C21H37IN4O. The number of halogens is 1. The zero-order chi connectivity index (χ0) is 18.8. The molecule has 1 aliphatic heterocycles. The van der Waals surface area contributed by atoms with Crippen molar-refractivity contribution in [2.45, 2.75) is 40.0 Å². The lowest BCUT2D eigenvalue weighted by Crippen LogP contribution is -2.52. The van der Waals surface area contributed by atoms with Crippen molar-refractivity contribution in [3.05, 3.63) is 30.3 Å². The van der Waals surface area contributed by atoms with Gasteiger partial charge in [0.1, 0.15) is 0 Å². The number of hydrogen-bond acceptors (Lipinski definition) is 3. The third-order valence-corrected chi connectivity index (χ3v) is 5.74. The molecule has 5 nitrogen and oxygen atoms in total. The van der Waals surface area contributed by atoms with Crippen LogP contribution < -0.4 is 10.2 Å². The summed E-state index contributed by atoms with van der Waals surface area (Å²) < 4.78 is 0. The van der Waals surface area contributed by atoms with Gasteiger partial charge in [-0.2, -0.15) is 0 Å². The van der Waals surface area contributed by atoms with E-state index in [0.717, 1.165) is 64.5 Å². The van der Waals surface area contributed by atoms with Gasteiger partial charge in [-0.15, -0.1) is 24.0 Å². The summed E-state index contributed by atoms with van der Waals surface area (Å²) >= 11 is 0. The fraction of sp³-hybridized carbons (Fsp3) is 0.667. The molecule has 0 bridgehead atoms. The van der Waals surface area contributed by atoms with Crippen LogP contribution in [0.5, 0.6) is 0 Å². The van der Waals surface area contributed by atoms with Gasteiger partial charge in [-0.25, -0.2) is 0 Å². The normalized spacial score (nSPS) is 15.5. The van der Waals surface area contributed by atoms with Crippen LogP contribution in [0.3, 0.4) is 0 Å². The monoisotopic (exact) mass is 488 g/mol. The van der Waals surface area contributed by atoms with Gasteiger partial charge in [0.25, 0.3) is 0 Å². The number of aliphatic imine (C=N–C) groups is 1. The van der Waals surface area contributed by atoms with Crippen LogP contribution in [-0.4, -0.2) is 61.8 Å². The Labute approximate surface area is 182 Å². The Kier molecular flexibility index (Phi) is 11.1.